The molecule has 0 heterocycles. The molecule has 0 N–H and O–H groups in total. The maximum Gasteiger partial charge on any atom is 0.175 e. The van der Waals surface area contributed by atoms with E-state index in [1.165, 1.54) is 0 Å². The molecule has 1 aromatic carbocycles. The van der Waals surface area contributed by atoms with E-state index in [9.17, 15) is 4.39 Å². The van der Waals surface area contributed by atoms with E-state index in [1.807, 2.05) is 49.1 Å². The highest BCUT2D eigenvalue weighted by molar-refractivity contribution is 5.46. The molecule has 2 atom stereocenters. The fourth-order valence-electron chi connectivity index (χ4n) is 1.72. The number of halogens is 1. The summed E-state index contributed by atoms with van der Waals surface area (Å²) in [6, 6.07) is 9.78. The molecule has 0 radical (unpaired) electrons. The van der Waals surface area contributed by atoms with Crippen LogP contribution in [0.1, 0.15) is 27.7 Å². The van der Waals surface area contributed by atoms with Gasteiger partial charge in [0.1, 0.15) is 0 Å². The molecule has 0 saturated heterocycles. The molecule has 0 spiro atoms. The van der Waals surface area contributed by atoms with Crippen molar-refractivity contribution >= 4 is 5.69 Å². The zero-order valence-corrected chi connectivity index (χ0v) is 10.7. The first kappa shape index (κ1) is 13.0. The summed E-state index contributed by atoms with van der Waals surface area (Å²) in [5.74, 6) is 0.396. The van der Waals surface area contributed by atoms with Crippen LogP contribution in [-0.4, -0.2) is 12.8 Å². The molecular weight excluding hydrogens is 201 g/mol. The SMILES string of the molecule is CCN(c1ccccc1)C(F)C(C)C(C)C. The van der Waals surface area contributed by atoms with Gasteiger partial charge >= 0.3 is 0 Å². The molecule has 0 saturated carbocycles. The van der Waals surface area contributed by atoms with Crippen LogP contribution >= 0.6 is 0 Å². The van der Waals surface area contributed by atoms with Crippen molar-refractivity contribution in [3.05, 3.63) is 30.3 Å². The zero-order chi connectivity index (χ0) is 12.1. The molecule has 1 nitrogen and oxygen atoms in total. The maximum atomic E-state index is 14.3. The highest BCUT2D eigenvalue weighted by atomic mass is 19.1. The van der Waals surface area contributed by atoms with Gasteiger partial charge < -0.3 is 4.90 Å². The average molecular weight is 223 g/mol. The summed E-state index contributed by atoms with van der Waals surface area (Å²) in [7, 11) is 0. The van der Waals surface area contributed by atoms with Gasteiger partial charge in [-0.05, 0) is 25.0 Å². The van der Waals surface area contributed by atoms with Gasteiger partial charge in [0.15, 0.2) is 6.30 Å². The van der Waals surface area contributed by atoms with Gasteiger partial charge in [0.2, 0.25) is 0 Å². The van der Waals surface area contributed by atoms with Gasteiger partial charge in [-0.3, -0.25) is 0 Å². The number of rotatable bonds is 5. The van der Waals surface area contributed by atoms with Gasteiger partial charge in [-0.25, -0.2) is 4.39 Å². The Morgan fingerprint density at radius 1 is 1.12 bits per heavy atom. The summed E-state index contributed by atoms with van der Waals surface area (Å²) in [5.41, 5.74) is 0.963. The fraction of sp³-hybridized carbons (Fsp3) is 0.571. The minimum atomic E-state index is -0.910. The second kappa shape index (κ2) is 5.88. The summed E-state index contributed by atoms with van der Waals surface area (Å²) < 4.78 is 14.3. The predicted molar refractivity (Wildman–Crippen MR) is 68.4 cm³/mol. The highest BCUT2D eigenvalue weighted by Gasteiger charge is 2.25. The predicted octanol–water partition coefficient (Wildman–Crippen LogP) is 4.10. The molecule has 0 aliphatic carbocycles. The number of para-hydroxylation sites is 1. The summed E-state index contributed by atoms with van der Waals surface area (Å²) in [5, 5.41) is 0. The van der Waals surface area contributed by atoms with Crippen LogP contribution in [0.4, 0.5) is 10.1 Å². The lowest BCUT2D eigenvalue weighted by Gasteiger charge is -2.32. The Morgan fingerprint density at radius 3 is 2.12 bits per heavy atom. The minimum Gasteiger partial charge on any atom is -0.342 e. The van der Waals surface area contributed by atoms with E-state index in [4.69, 9.17) is 0 Å². The van der Waals surface area contributed by atoms with Gasteiger partial charge in [0, 0.05) is 18.2 Å². The molecule has 0 bridgehead atoms. The van der Waals surface area contributed by atoms with E-state index >= 15 is 0 Å². The van der Waals surface area contributed by atoms with Crippen molar-refractivity contribution in [2.45, 2.75) is 34.0 Å². The topological polar surface area (TPSA) is 3.24 Å². The third-order valence-electron chi connectivity index (χ3n) is 3.21. The summed E-state index contributed by atoms with van der Waals surface area (Å²) in [4.78, 5) is 1.82. The van der Waals surface area contributed by atoms with Crippen LogP contribution < -0.4 is 4.90 Å². The fourth-order valence-corrected chi connectivity index (χ4v) is 1.72. The van der Waals surface area contributed by atoms with E-state index in [2.05, 4.69) is 13.8 Å². The maximum absolute atomic E-state index is 14.3. The molecule has 0 aliphatic rings. The quantitative estimate of drug-likeness (QED) is 0.679. The summed E-state index contributed by atoms with van der Waals surface area (Å²) in [6.45, 7) is 8.79. The van der Waals surface area contributed by atoms with Gasteiger partial charge in [-0.1, -0.05) is 39.0 Å². The lowest BCUT2D eigenvalue weighted by atomic mass is 9.96. The number of hydrogen-bond acceptors (Lipinski definition) is 1. The Labute approximate surface area is 98.3 Å². The Kier molecular flexibility index (Phi) is 4.78. The second-order valence-corrected chi connectivity index (χ2v) is 4.60. The Hall–Kier alpha value is -1.05. The Bertz CT molecular complexity index is 297. The van der Waals surface area contributed by atoms with Crippen LogP contribution in [0.25, 0.3) is 0 Å². The number of alkyl halides is 1. The molecule has 0 fully saturated rings. The first-order chi connectivity index (χ1) is 7.57. The molecule has 90 valence electrons. The molecule has 0 aliphatic heterocycles. The third kappa shape index (κ3) is 2.97. The van der Waals surface area contributed by atoms with E-state index in [1.54, 1.807) is 0 Å². The minimum absolute atomic E-state index is 0.0418. The standard InChI is InChI=1S/C14H22FN/c1-5-16(13-9-7-6-8-10-13)14(15)12(4)11(2)3/h6-12,14H,5H2,1-4H3. The lowest BCUT2D eigenvalue weighted by molar-refractivity contribution is 0.190. The normalized spacial score (nSPS) is 14.9. The number of hydrogen-bond donors (Lipinski definition) is 0. The van der Waals surface area contributed by atoms with Crippen LogP contribution in [0, 0.1) is 11.8 Å². The largest absolute Gasteiger partial charge is 0.342 e. The lowest BCUT2D eigenvalue weighted by Crippen LogP contribution is -2.38. The van der Waals surface area contributed by atoms with Crippen molar-refractivity contribution in [1.29, 1.82) is 0 Å². The summed E-state index contributed by atoms with van der Waals surface area (Å²) in [6.07, 6.45) is -0.910. The monoisotopic (exact) mass is 223 g/mol. The van der Waals surface area contributed by atoms with Crippen molar-refractivity contribution in [1.82, 2.24) is 0 Å². The van der Waals surface area contributed by atoms with Gasteiger partial charge in [-0.2, -0.15) is 0 Å². The van der Waals surface area contributed by atoms with Gasteiger partial charge in [0.25, 0.3) is 0 Å². The van der Waals surface area contributed by atoms with Crippen LogP contribution in [0.5, 0.6) is 0 Å². The van der Waals surface area contributed by atoms with Crippen LogP contribution in [0.3, 0.4) is 0 Å². The molecule has 1 aromatic rings. The first-order valence-corrected chi connectivity index (χ1v) is 6.03. The zero-order valence-electron chi connectivity index (χ0n) is 10.7. The third-order valence-corrected chi connectivity index (χ3v) is 3.21. The molecular formula is C14H22FN. The van der Waals surface area contributed by atoms with Crippen LogP contribution in [-0.2, 0) is 0 Å². The number of anilines is 1. The van der Waals surface area contributed by atoms with Crippen molar-refractivity contribution < 1.29 is 4.39 Å². The number of nitrogens with zero attached hydrogens (tertiary/aromatic N) is 1. The molecule has 2 heteroatoms. The van der Waals surface area contributed by atoms with Gasteiger partial charge in [-0.15, -0.1) is 0 Å². The van der Waals surface area contributed by atoms with Gasteiger partial charge in [0.05, 0.1) is 0 Å². The Morgan fingerprint density at radius 2 is 1.69 bits per heavy atom. The van der Waals surface area contributed by atoms with Crippen molar-refractivity contribution in [3.63, 3.8) is 0 Å². The van der Waals surface area contributed by atoms with E-state index in [-0.39, 0.29) is 5.92 Å². The Balaban J connectivity index is 2.83. The van der Waals surface area contributed by atoms with Crippen molar-refractivity contribution in [2.75, 3.05) is 11.4 Å². The van der Waals surface area contributed by atoms with E-state index in [0.717, 1.165) is 5.69 Å². The molecule has 0 aromatic heterocycles. The second-order valence-electron chi connectivity index (χ2n) is 4.60. The van der Waals surface area contributed by atoms with Crippen molar-refractivity contribution in [2.24, 2.45) is 11.8 Å². The van der Waals surface area contributed by atoms with Crippen molar-refractivity contribution in [3.8, 4) is 0 Å². The molecule has 16 heavy (non-hydrogen) atoms. The molecule has 0 amide bonds. The summed E-state index contributed by atoms with van der Waals surface area (Å²) >= 11 is 0. The van der Waals surface area contributed by atoms with Crippen LogP contribution in [0.15, 0.2) is 30.3 Å². The first-order valence-electron chi connectivity index (χ1n) is 6.03. The molecule has 1 rings (SSSR count). The van der Waals surface area contributed by atoms with E-state index in [0.29, 0.717) is 12.5 Å². The smallest absolute Gasteiger partial charge is 0.175 e. The highest BCUT2D eigenvalue weighted by Crippen LogP contribution is 2.25. The molecule has 2 unspecified atom stereocenters. The van der Waals surface area contributed by atoms with E-state index < -0.39 is 6.30 Å². The average Bonchev–Trinajstić information content (AvgIpc) is 2.30. The van der Waals surface area contributed by atoms with Crippen LogP contribution in [0.2, 0.25) is 0 Å². The number of benzene rings is 1.